The van der Waals surface area contributed by atoms with Gasteiger partial charge in [-0.25, -0.2) is 4.79 Å². The highest BCUT2D eigenvalue weighted by Crippen LogP contribution is 2.18. The molecule has 4 aromatic rings. The maximum atomic E-state index is 13.1. The highest BCUT2D eigenvalue weighted by Gasteiger charge is 2.16. The lowest BCUT2D eigenvalue weighted by atomic mass is 10.3. The monoisotopic (exact) mass is 441 g/mol. The molecule has 1 aromatic carbocycles. The number of thiophene rings is 2. The maximum absolute atomic E-state index is 13.1. The molecule has 0 bridgehead atoms. The minimum absolute atomic E-state index is 0.192. The average Bonchev–Trinajstić information content (AvgIpc) is 3.43. The molecular weight excluding hydrogens is 422 g/mol. The van der Waals surface area contributed by atoms with Gasteiger partial charge in [0.25, 0.3) is 5.56 Å². The van der Waals surface area contributed by atoms with Crippen molar-refractivity contribution >= 4 is 44.5 Å². The second kappa shape index (κ2) is 8.68. The molecule has 0 unspecified atom stereocenters. The molecule has 9 heteroatoms. The number of ether oxygens (including phenoxy) is 1. The van der Waals surface area contributed by atoms with E-state index in [1.807, 2.05) is 17.5 Å². The molecule has 0 saturated carbocycles. The number of hydrogen-bond acceptors (Lipinski definition) is 6. The Morgan fingerprint density at radius 2 is 1.93 bits per heavy atom. The van der Waals surface area contributed by atoms with Crippen molar-refractivity contribution in [1.82, 2.24) is 9.13 Å². The number of amides is 1. The predicted molar refractivity (Wildman–Crippen MR) is 120 cm³/mol. The van der Waals surface area contributed by atoms with Crippen molar-refractivity contribution in [2.75, 3.05) is 12.4 Å². The van der Waals surface area contributed by atoms with Gasteiger partial charge in [-0.15, -0.1) is 22.7 Å². The number of anilines is 1. The molecule has 0 atom stereocenters. The molecule has 1 N–H and O–H groups in total. The number of hydrogen-bond donors (Lipinski definition) is 1. The lowest BCUT2D eigenvalue weighted by Gasteiger charge is -2.12. The number of nitrogens with one attached hydrogen (secondary N) is 1. The highest BCUT2D eigenvalue weighted by molar-refractivity contribution is 7.17. The summed E-state index contributed by atoms with van der Waals surface area (Å²) < 4.78 is 8.21. The van der Waals surface area contributed by atoms with Crippen LogP contribution in [0.25, 0.3) is 10.2 Å². The summed E-state index contributed by atoms with van der Waals surface area (Å²) in [5.74, 6) is 0.258. The third-order valence-corrected chi connectivity index (χ3v) is 6.48. The van der Waals surface area contributed by atoms with Crippen LogP contribution in [0.5, 0.6) is 5.75 Å². The molecule has 30 heavy (non-hydrogen) atoms. The third-order valence-electron chi connectivity index (χ3n) is 4.65. The lowest BCUT2D eigenvalue weighted by Crippen LogP contribution is -2.41. The van der Waals surface area contributed by atoms with Gasteiger partial charge in [0.15, 0.2) is 0 Å². The van der Waals surface area contributed by atoms with Crippen LogP contribution in [0.4, 0.5) is 5.69 Å². The second-order valence-electron chi connectivity index (χ2n) is 6.57. The van der Waals surface area contributed by atoms with Crippen molar-refractivity contribution in [3.63, 3.8) is 0 Å². The van der Waals surface area contributed by atoms with E-state index >= 15 is 0 Å². The Balaban J connectivity index is 1.64. The van der Waals surface area contributed by atoms with Crippen molar-refractivity contribution in [2.24, 2.45) is 0 Å². The predicted octanol–water partition coefficient (Wildman–Crippen LogP) is 3.18. The molecule has 154 valence electrons. The number of carbonyl (C=O) groups is 1. The fourth-order valence-corrected chi connectivity index (χ4v) is 4.75. The van der Waals surface area contributed by atoms with Crippen molar-refractivity contribution in [1.29, 1.82) is 0 Å². The minimum atomic E-state index is -0.483. The van der Waals surface area contributed by atoms with Crippen molar-refractivity contribution < 1.29 is 9.53 Å². The summed E-state index contributed by atoms with van der Waals surface area (Å²) in [4.78, 5) is 39.6. The fraction of sp³-hybridized carbons (Fsp3) is 0.190. The van der Waals surface area contributed by atoms with Gasteiger partial charge in [-0.1, -0.05) is 12.1 Å². The first-order valence-corrected chi connectivity index (χ1v) is 11.0. The largest absolute Gasteiger partial charge is 0.497 e. The Labute approximate surface area is 179 Å². The number of aryl methyl sites for hydroxylation is 1. The quantitative estimate of drug-likeness (QED) is 0.478. The number of methoxy groups -OCH3 is 1. The first kappa shape index (κ1) is 20.1. The molecular formula is C21H19N3O4S2. The Morgan fingerprint density at radius 3 is 2.70 bits per heavy atom. The summed E-state index contributed by atoms with van der Waals surface area (Å²) in [6.07, 6.45) is 0.583. The Kier molecular flexibility index (Phi) is 5.82. The van der Waals surface area contributed by atoms with E-state index in [4.69, 9.17) is 4.74 Å². The summed E-state index contributed by atoms with van der Waals surface area (Å²) in [6, 6.07) is 12.6. The molecule has 3 aromatic heterocycles. The van der Waals surface area contributed by atoms with Gasteiger partial charge >= 0.3 is 5.69 Å². The van der Waals surface area contributed by atoms with Crippen molar-refractivity contribution in [3.05, 3.63) is 78.9 Å². The molecule has 0 spiro atoms. The van der Waals surface area contributed by atoms with Crippen LogP contribution in [-0.2, 0) is 24.3 Å². The normalized spacial score (nSPS) is 11.0. The standard InChI is InChI=1S/C21H19N3O4S2/c1-28-15-5-2-4-14(12-15)22-18(25)13-24-17-8-11-30-19(17)20(26)23(21(24)27)9-7-16-6-3-10-29-16/h2-6,8,10-12H,7,9,13H2,1H3,(H,22,25). The summed E-state index contributed by atoms with van der Waals surface area (Å²) in [5, 5.41) is 6.49. The summed E-state index contributed by atoms with van der Waals surface area (Å²) in [5.41, 5.74) is 0.248. The van der Waals surface area contributed by atoms with Crippen LogP contribution in [0.2, 0.25) is 0 Å². The second-order valence-corrected chi connectivity index (χ2v) is 8.52. The molecule has 0 radical (unpaired) electrons. The van der Waals surface area contributed by atoms with Gasteiger partial charge in [0, 0.05) is 23.2 Å². The van der Waals surface area contributed by atoms with E-state index in [1.54, 1.807) is 54.2 Å². The van der Waals surface area contributed by atoms with Crippen LogP contribution in [-0.4, -0.2) is 22.2 Å². The van der Waals surface area contributed by atoms with E-state index in [0.29, 0.717) is 28.1 Å². The summed E-state index contributed by atoms with van der Waals surface area (Å²) >= 11 is 2.85. The number of nitrogens with zero attached hydrogens (tertiary/aromatic N) is 2. The van der Waals surface area contributed by atoms with E-state index in [0.717, 1.165) is 4.88 Å². The number of aromatic nitrogens is 2. The van der Waals surface area contributed by atoms with Crippen LogP contribution in [0.15, 0.2) is 62.8 Å². The van der Waals surface area contributed by atoms with Gasteiger partial charge in [0.1, 0.15) is 17.0 Å². The first-order chi connectivity index (χ1) is 14.6. The van der Waals surface area contributed by atoms with Crippen molar-refractivity contribution in [3.8, 4) is 5.75 Å². The van der Waals surface area contributed by atoms with Gasteiger partial charge in [-0.3, -0.25) is 18.7 Å². The highest BCUT2D eigenvalue weighted by atomic mass is 32.1. The average molecular weight is 442 g/mol. The van der Waals surface area contributed by atoms with Gasteiger partial charge < -0.3 is 10.1 Å². The molecule has 0 saturated heterocycles. The van der Waals surface area contributed by atoms with Gasteiger partial charge in [-0.05, 0) is 41.4 Å². The smallest absolute Gasteiger partial charge is 0.332 e. The van der Waals surface area contributed by atoms with E-state index in [1.165, 1.54) is 20.5 Å². The Morgan fingerprint density at radius 1 is 1.07 bits per heavy atom. The Bertz CT molecular complexity index is 1300. The van der Waals surface area contributed by atoms with E-state index < -0.39 is 5.69 Å². The SMILES string of the molecule is COc1cccc(NC(=O)Cn2c(=O)n(CCc3cccs3)c(=O)c3sccc32)c1. The number of rotatable bonds is 7. The van der Waals surface area contributed by atoms with Gasteiger partial charge in [0.2, 0.25) is 5.91 Å². The first-order valence-electron chi connectivity index (χ1n) is 9.24. The zero-order valence-electron chi connectivity index (χ0n) is 16.2. The molecule has 1 amide bonds. The molecule has 0 fully saturated rings. The zero-order valence-corrected chi connectivity index (χ0v) is 17.8. The summed E-state index contributed by atoms with van der Waals surface area (Å²) in [7, 11) is 1.55. The zero-order chi connectivity index (χ0) is 21.1. The fourth-order valence-electron chi connectivity index (χ4n) is 3.21. The minimum Gasteiger partial charge on any atom is -0.497 e. The van der Waals surface area contributed by atoms with Crippen LogP contribution in [0.3, 0.4) is 0 Å². The van der Waals surface area contributed by atoms with E-state index in [2.05, 4.69) is 5.32 Å². The van der Waals surface area contributed by atoms with Crippen LogP contribution in [0, 0.1) is 0 Å². The molecule has 0 aliphatic rings. The Hall–Kier alpha value is -3.17. The maximum Gasteiger partial charge on any atom is 0.332 e. The molecule has 0 aliphatic heterocycles. The third kappa shape index (κ3) is 4.07. The topological polar surface area (TPSA) is 82.3 Å². The number of benzene rings is 1. The molecule has 0 aliphatic carbocycles. The van der Waals surface area contributed by atoms with Crippen molar-refractivity contribution in [2.45, 2.75) is 19.5 Å². The summed E-state index contributed by atoms with van der Waals surface area (Å²) in [6.45, 7) is 0.0755. The van der Waals surface area contributed by atoms with Crippen LogP contribution >= 0.6 is 22.7 Å². The van der Waals surface area contributed by atoms with E-state index in [-0.39, 0.29) is 24.6 Å². The molecule has 3 heterocycles. The number of carbonyl (C=O) groups excluding carboxylic acids is 1. The van der Waals surface area contributed by atoms with Gasteiger partial charge in [0.05, 0.1) is 12.6 Å². The van der Waals surface area contributed by atoms with Crippen LogP contribution < -0.4 is 21.3 Å². The molecule has 4 rings (SSSR count). The lowest BCUT2D eigenvalue weighted by molar-refractivity contribution is -0.116. The molecule has 7 nitrogen and oxygen atoms in total. The van der Waals surface area contributed by atoms with Crippen LogP contribution in [0.1, 0.15) is 4.88 Å². The van der Waals surface area contributed by atoms with Gasteiger partial charge in [-0.2, -0.15) is 0 Å². The van der Waals surface area contributed by atoms with E-state index in [9.17, 15) is 14.4 Å². The number of fused-ring (bicyclic) bond motifs is 1.